The van der Waals surface area contributed by atoms with Crippen LogP contribution in [-0.4, -0.2) is 31.4 Å². The highest BCUT2D eigenvalue weighted by molar-refractivity contribution is 5.88. The van der Waals surface area contributed by atoms with E-state index in [4.69, 9.17) is 0 Å². The lowest BCUT2D eigenvalue weighted by molar-refractivity contribution is -0.116. The number of nitrogens with one attached hydrogen (secondary N) is 1. The maximum absolute atomic E-state index is 10.8. The van der Waals surface area contributed by atoms with Gasteiger partial charge in [0.15, 0.2) is 0 Å². The van der Waals surface area contributed by atoms with Gasteiger partial charge in [0.25, 0.3) is 0 Å². The van der Waals surface area contributed by atoms with Crippen LogP contribution in [0.1, 0.15) is 6.42 Å². The summed E-state index contributed by atoms with van der Waals surface area (Å²) in [6.07, 6.45) is 2.59. The van der Waals surface area contributed by atoms with Gasteiger partial charge < -0.3 is 10.2 Å². The summed E-state index contributed by atoms with van der Waals surface area (Å²) in [5, 5.41) is 2.72. The molecule has 1 amide bonds. The molecule has 0 aromatic heterocycles. The van der Waals surface area contributed by atoms with E-state index >= 15 is 0 Å². The van der Waals surface area contributed by atoms with Crippen molar-refractivity contribution >= 4 is 5.91 Å². The average Bonchev–Trinajstić information content (AvgIpc) is 1.88. The average molecular weight is 140 g/mol. The number of nitrogens with zero attached hydrogens (tertiary/aromatic N) is 1. The van der Waals surface area contributed by atoms with Gasteiger partial charge in [0.2, 0.25) is 5.91 Å². The lowest BCUT2D eigenvalue weighted by Gasteiger charge is -2.20. The van der Waals surface area contributed by atoms with Gasteiger partial charge in [-0.2, -0.15) is 0 Å². The van der Waals surface area contributed by atoms with Crippen molar-refractivity contribution in [3.8, 4) is 0 Å². The van der Waals surface area contributed by atoms with Gasteiger partial charge in [-0.15, -0.1) is 0 Å². The van der Waals surface area contributed by atoms with Crippen molar-refractivity contribution < 1.29 is 4.79 Å². The van der Waals surface area contributed by atoms with E-state index in [1.54, 1.807) is 6.08 Å². The summed E-state index contributed by atoms with van der Waals surface area (Å²) in [7, 11) is 3.90. The molecule has 0 aliphatic carbocycles. The first-order valence-electron chi connectivity index (χ1n) is 3.36. The minimum absolute atomic E-state index is 0.0231. The zero-order valence-corrected chi connectivity index (χ0v) is 6.35. The Balaban J connectivity index is 2.66. The van der Waals surface area contributed by atoms with Crippen LogP contribution in [0.3, 0.4) is 0 Å². The number of hydrogen-bond donors (Lipinski definition) is 1. The second kappa shape index (κ2) is 2.73. The molecule has 0 radical (unpaired) electrons. The first-order valence-corrected chi connectivity index (χ1v) is 3.36. The summed E-state index contributed by atoms with van der Waals surface area (Å²) >= 11 is 0. The van der Waals surface area contributed by atoms with Crippen molar-refractivity contribution in [3.63, 3.8) is 0 Å². The third-order valence-corrected chi connectivity index (χ3v) is 1.55. The fraction of sp³-hybridized carbons (Fsp3) is 0.571. The third kappa shape index (κ3) is 1.50. The summed E-state index contributed by atoms with van der Waals surface area (Å²) in [6.45, 7) is 0.767. The molecule has 56 valence electrons. The molecule has 0 saturated carbocycles. The Morgan fingerprint density at radius 2 is 2.30 bits per heavy atom. The topological polar surface area (TPSA) is 32.3 Å². The van der Waals surface area contributed by atoms with Gasteiger partial charge in [0.1, 0.15) is 0 Å². The van der Waals surface area contributed by atoms with Gasteiger partial charge in [-0.05, 0) is 0 Å². The van der Waals surface area contributed by atoms with Crippen LogP contribution in [0.5, 0.6) is 0 Å². The van der Waals surface area contributed by atoms with Gasteiger partial charge >= 0.3 is 0 Å². The van der Waals surface area contributed by atoms with E-state index in [0.717, 1.165) is 18.7 Å². The predicted octanol–water partition coefficient (Wildman–Crippen LogP) is -0.0482. The maximum Gasteiger partial charge on any atom is 0.245 e. The smallest absolute Gasteiger partial charge is 0.245 e. The predicted molar refractivity (Wildman–Crippen MR) is 39.4 cm³/mol. The van der Waals surface area contributed by atoms with Crippen molar-refractivity contribution in [1.82, 2.24) is 10.2 Å². The first kappa shape index (κ1) is 7.12. The lowest BCUT2D eigenvalue weighted by atomic mass is 10.2. The van der Waals surface area contributed by atoms with Gasteiger partial charge in [-0.3, -0.25) is 4.79 Å². The van der Waals surface area contributed by atoms with E-state index in [1.165, 1.54) is 0 Å². The molecule has 10 heavy (non-hydrogen) atoms. The van der Waals surface area contributed by atoms with E-state index < -0.39 is 0 Å². The van der Waals surface area contributed by atoms with Gasteiger partial charge in [-0.25, -0.2) is 0 Å². The van der Waals surface area contributed by atoms with Crippen molar-refractivity contribution in [1.29, 1.82) is 0 Å². The molecule has 3 nitrogen and oxygen atoms in total. The Morgan fingerprint density at radius 3 is 2.70 bits per heavy atom. The summed E-state index contributed by atoms with van der Waals surface area (Å²) < 4.78 is 0. The van der Waals surface area contributed by atoms with Crippen LogP contribution in [0.2, 0.25) is 0 Å². The van der Waals surface area contributed by atoms with Crippen LogP contribution in [0.25, 0.3) is 0 Å². The quantitative estimate of drug-likeness (QED) is 0.554. The number of rotatable bonds is 1. The number of carbonyl (C=O) groups is 1. The second-order valence-electron chi connectivity index (χ2n) is 2.57. The van der Waals surface area contributed by atoms with E-state index in [2.05, 4.69) is 5.32 Å². The standard InChI is InChI=1S/C7H12N2O/c1-9(2)6-3-4-8-7(10)5-6/h5H,3-4H2,1-2H3,(H,8,10). The van der Waals surface area contributed by atoms with Crippen molar-refractivity contribution in [2.75, 3.05) is 20.6 Å². The second-order valence-corrected chi connectivity index (χ2v) is 2.57. The molecule has 1 aliphatic heterocycles. The van der Waals surface area contributed by atoms with Crippen LogP contribution >= 0.6 is 0 Å². The van der Waals surface area contributed by atoms with Crippen molar-refractivity contribution in [3.05, 3.63) is 11.8 Å². The molecule has 0 bridgehead atoms. The normalized spacial score (nSPS) is 17.8. The molecular weight excluding hydrogens is 128 g/mol. The molecular formula is C7H12N2O. The molecule has 1 rings (SSSR count). The molecule has 3 heteroatoms. The summed E-state index contributed by atoms with van der Waals surface area (Å²) in [5.74, 6) is 0.0231. The third-order valence-electron chi connectivity index (χ3n) is 1.55. The van der Waals surface area contributed by atoms with Gasteiger partial charge in [0, 0.05) is 38.8 Å². The number of carbonyl (C=O) groups excluding carboxylic acids is 1. The van der Waals surface area contributed by atoms with Crippen molar-refractivity contribution in [2.45, 2.75) is 6.42 Å². The highest BCUT2D eigenvalue weighted by Gasteiger charge is 2.08. The molecule has 0 spiro atoms. The van der Waals surface area contributed by atoms with Crippen LogP contribution in [-0.2, 0) is 4.79 Å². The number of amides is 1. The van der Waals surface area contributed by atoms with E-state index in [-0.39, 0.29) is 5.91 Å². The minimum atomic E-state index is 0.0231. The molecule has 0 aromatic carbocycles. The highest BCUT2D eigenvalue weighted by Crippen LogP contribution is 2.06. The van der Waals surface area contributed by atoms with Gasteiger partial charge in [0.05, 0.1) is 0 Å². The Bertz CT molecular complexity index is 172. The maximum atomic E-state index is 10.8. The van der Waals surface area contributed by atoms with Crippen LogP contribution in [0.15, 0.2) is 11.8 Å². The monoisotopic (exact) mass is 140 g/mol. The van der Waals surface area contributed by atoms with Crippen LogP contribution in [0.4, 0.5) is 0 Å². The Kier molecular flexibility index (Phi) is 1.94. The molecule has 0 aromatic rings. The molecule has 0 atom stereocenters. The molecule has 0 unspecified atom stereocenters. The molecule has 0 saturated heterocycles. The molecule has 0 fully saturated rings. The summed E-state index contributed by atoms with van der Waals surface area (Å²) in [5.41, 5.74) is 1.10. The fourth-order valence-corrected chi connectivity index (χ4v) is 0.941. The van der Waals surface area contributed by atoms with E-state index in [9.17, 15) is 4.79 Å². The summed E-state index contributed by atoms with van der Waals surface area (Å²) in [6, 6.07) is 0. The number of hydrogen-bond acceptors (Lipinski definition) is 2. The highest BCUT2D eigenvalue weighted by atomic mass is 16.1. The minimum Gasteiger partial charge on any atom is -0.381 e. The molecule has 1 aliphatic rings. The van der Waals surface area contributed by atoms with Crippen LogP contribution < -0.4 is 5.32 Å². The van der Waals surface area contributed by atoms with Crippen LogP contribution in [0, 0.1) is 0 Å². The SMILES string of the molecule is CN(C)C1=CC(=O)NCC1. The van der Waals surface area contributed by atoms with Crippen molar-refractivity contribution in [2.24, 2.45) is 0 Å². The lowest BCUT2D eigenvalue weighted by Crippen LogP contribution is -2.30. The molecule has 1 heterocycles. The van der Waals surface area contributed by atoms with E-state index in [0.29, 0.717) is 0 Å². The molecule has 1 N–H and O–H groups in total. The zero-order valence-electron chi connectivity index (χ0n) is 6.35. The Hall–Kier alpha value is -0.990. The van der Waals surface area contributed by atoms with Gasteiger partial charge in [-0.1, -0.05) is 0 Å². The fourth-order valence-electron chi connectivity index (χ4n) is 0.941. The van der Waals surface area contributed by atoms with E-state index in [1.807, 2.05) is 19.0 Å². The largest absolute Gasteiger partial charge is 0.381 e. The Morgan fingerprint density at radius 1 is 1.60 bits per heavy atom. The zero-order chi connectivity index (χ0) is 7.56. The summed E-state index contributed by atoms with van der Waals surface area (Å²) in [4.78, 5) is 12.7. The first-order chi connectivity index (χ1) is 4.70. The Labute approximate surface area is 60.7 Å².